The lowest BCUT2D eigenvalue weighted by Crippen LogP contribution is -2.18. The van der Waals surface area contributed by atoms with Crippen molar-refractivity contribution in [3.63, 3.8) is 0 Å². The maximum absolute atomic E-state index is 11.7. The second-order valence-corrected chi connectivity index (χ2v) is 5.34. The van der Waals surface area contributed by atoms with Crippen molar-refractivity contribution in [3.8, 4) is 0 Å². The molecule has 0 fully saturated rings. The first-order chi connectivity index (χ1) is 10.8. The number of aryl methyl sites for hydroxylation is 1. The Morgan fingerprint density at radius 1 is 1.23 bits per heavy atom. The van der Waals surface area contributed by atoms with E-state index in [9.17, 15) is 4.79 Å². The molecule has 0 aliphatic heterocycles. The quantitative estimate of drug-likeness (QED) is 0.684. The molecule has 0 aliphatic rings. The van der Waals surface area contributed by atoms with E-state index in [-0.39, 0.29) is 12.3 Å². The van der Waals surface area contributed by atoms with Gasteiger partial charge in [-0.1, -0.05) is 24.3 Å². The summed E-state index contributed by atoms with van der Waals surface area (Å²) in [5.74, 6) is 0. The summed E-state index contributed by atoms with van der Waals surface area (Å²) in [6, 6.07) is 8.15. The van der Waals surface area contributed by atoms with E-state index in [1.54, 1.807) is 17.0 Å². The van der Waals surface area contributed by atoms with E-state index in [0.717, 1.165) is 30.3 Å². The van der Waals surface area contributed by atoms with Crippen LogP contribution in [-0.2, 0) is 13.0 Å². The van der Waals surface area contributed by atoms with Crippen LogP contribution in [0.3, 0.4) is 0 Å². The van der Waals surface area contributed by atoms with Gasteiger partial charge in [-0.15, -0.1) is 0 Å². The van der Waals surface area contributed by atoms with Gasteiger partial charge in [-0.2, -0.15) is 0 Å². The molecule has 0 spiro atoms. The molecule has 0 radical (unpaired) electrons. The summed E-state index contributed by atoms with van der Waals surface area (Å²) in [7, 11) is 0. The van der Waals surface area contributed by atoms with Crippen molar-refractivity contribution in [2.75, 3.05) is 6.61 Å². The lowest BCUT2D eigenvalue weighted by atomic mass is 9.99. The van der Waals surface area contributed by atoms with E-state index < -0.39 is 0 Å². The third-order valence-corrected chi connectivity index (χ3v) is 3.87. The summed E-state index contributed by atoms with van der Waals surface area (Å²) in [4.78, 5) is 18.9. The maximum atomic E-state index is 11.7. The molecule has 2 heterocycles. The Morgan fingerprint density at radius 2 is 2.09 bits per heavy atom. The van der Waals surface area contributed by atoms with Crippen molar-refractivity contribution in [2.24, 2.45) is 0 Å². The van der Waals surface area contributed by atoms with Crippen LogP contribution in [0.15, 0.2) is 47.7 Å². The number of hydrogen-bond donors (Lipinski definition) is 2. The van der Waals surface area contributed by atoms with E-state index in [0.29, 0.717) is 6.54 Å². The first-order valence-corrected chi connectivity index (χ1v) is 7.50. The second kappa shape index (κ2) is 6.58. The predicted octanol–water partition coefficient (Wildman–Crippen LogP) is 2.09. The number of H-pyrrole nitrogens is 1. The topological polar surface area (TPSA) is 70.9 Å². The molecule has 2 N–H and O–H groups in total. The van der Waals surface area contributed by atoms with Gasteiger partial charge < -0.3 is 10.1 Å². The summed E-state index contributed by atoms with van der Waals surface area (Å²) in [5, 5.41) is 11.3. The summed E-state index contributed by atoms with van der Waals surface area (Å²) in [6.45, 7) is 0.659. The van der Waals surface area contributed by atoms with Crippen LogP contribution < -0.4 is 5.69 Å². The highest BCUT2D eigenvalue weighted by atomic mass is 16.2. The van der Waals surface area contributed by atoms with Crippen LogP contribution in [0.2, 0.25) is 0 Å². The normalized spacial score (nSPS) is 11.1. The van der Waals surface area contributed by atoms with E-state index in [1.807, 2.05) is 24.4 Å². The highest BCUT2D eigenvalue weighted by Crippen LogP contribution is 2.23. The largest absolute Gasteiger partial charge is 0.396 e. The Kier molecular flexibility index (Phi) is 4.34. The summed E-state index contributed by atoms with van der Waals surface area (Å²) < 4.78 is 1.62. The predicted molar refractivity (Wildman–Crippen MR) is 85.9 cm³/mol. The minimum atomic E-state index is -0.128. The lowest BCUT2D eigenvalue weighted by Gasteiger charge is -2.12. The number of benzene rings is 1. The van der Waals surface area contributed by atoms with Gasteiger partial charge in [0.2, 0.25) is 0 Å². The van der Waals surface area contributed by atoms with Gasteiger partial charge in [0.15, 0.2) is 0 Å². The van der Waals surface area contributed by atoms with Crippen molar-refractivity contribution in [1.82, 2.24) is 14.5 Å². The van der Waals surface area contributed by atoms with Crippen LogP contribution in [0.5, 0.6) is 0 Å². The maximum Gasteiger partial charge on any atom is 0.325 e. The molecule has 0 amide bonds. The third kappa shape index (κ3) is 2.94. The van der Waals surface area contributed by atoms with Gasteiger partial charge in [0.1, 0.15) is 0 Å². The molecule has 1 aromatic carbocycles. The van der Waals surface area contributed by atoms with Crippen molar-refractivity contribution < 1.29 is 5.11 Å². The SMILES string of the molecule is O=c1[nH]ccn1Cc1ncc2ccccc2c1CCCCO. The fourth-order valence-electron chi connectivity index (χ4n) is 2.73. The smallest absolute Gasteiger partial charge is 0.325 e. The van der Waals surface area contributed by atoms with Crippen LogP contribution in [0, 0.1) is 0 Å². The van der Waals surface area contributed by atoms with E-state index >= 15 is 0 Å². The van der Waals surface area contributed by atoms with Crippen molar-refractivity contribution in [2.45, 2.75) is 25.8 Å². The van der Waals surface area contributed by atoms with Crippen molar-refractivity contribution in [1.29, 1.82) is 0 Å². The molecule has 0 aliphatic carbocycles. The number of aliphatic hydroxyl groups is 1. The van der Waals surface area contributed by atoms with Crippen molar-refractivity contribution >= 4 is 10.8 Å². The zero-order chi connectivity index (χ0) is 15.4. The molecule has 5 heteroatoms. The minimum Gasteiger partial charge on any atom is -0.396 e. The number of aromatic amines is 1. The molecule has 2 aromatic heterocycles. The Morgan fingerprint density at radius 3 is 2.86 bits per heavy atom. The van der Waals surface area contributed by atoms with Gasteiger partial charge in [0, 0.05) is 30.6 Å². The number of nitrogens with one attached hydrogen (secondary N) is 1. The summed E-state index contributed by atoms with van der Waals surface area (Å²) >= 11 is 0. The molecule has 0 saturated carbocycles. The van der Waals surface area contributed by atoms with Crippen LogP contribution in [0.1, 0.15) is 24.1 Å². The van der Waals surface area contributed by atoms with Crippen LogP contribution in [-0.4, -0.2) is 26.2 Å². The number of aliphatic hydroxyl groups excluding tert-OH is 1. The number of aromatic nitrogens is 3. The number of imidazole rings is 1. The highest BCUT2D eigenvalue weighted by Gasteiger charge is 2.10. The minimum absolute atomic E-state index is 0.128. The van der Waals surface area contributed by atoms with Crippen LogP contribution >= 0.6 is 0 Å². The van der Waals surface area contributed by atoms with E-state index in [2.05, 4.69) is 16.0 Å². The average Bonchev–Trinajstić information content (AvgIpc) is 2.94. The number of fused-ring (bicyclic) bond motifs is 1. The van der Waals surface area contributed by atoms with Gasteiger partial charge in [-0.05, 0) is 30.2 Å². The van der Waals surface area contributed by atoms with Gasteiger partial charge >= 0.3 is 5.69 Å². The number of hydrogen-bond acceptors (Lipinski definition) is 3. The molecule has 3 aromatic rings. The van der Waals surface area contributed by atoms with Crippen LogP contribution in [0.4, 0.5) is 0 Å². The number of rotatable bonds is 6. The molecule has 0 bridgehead atoms. The highest BCUT2D eigenvalue weighted by molar-refractivity contribution is 5.85. The first kappa shape index (κ1) is 14.5. The Hall–Kier alpha value is -2.40. The van der Waals surface area contributed by atoms with Gasteiger partial charge in [-0.25, -0.2) is 4.79 Å². The zero-order valence-corrected chi connectivity index (χ0v) is 12.3. The van der Waals surface area contributed by atoms with Crippen molar-refractivity contribution in [3.05, 3.63) is 64.6 Å². The molecular weight excluding hydrogens is 278 g/mol. The standard InChI is InChI=1S/C17H19N3O2/c21-10-4-3-7-15-14-6-2-1-5-13(14)11-19-16(15)12-20-9-8-18-17(20)22/h1-2,5-6,8-9,11,21H,3-4,7,10,12H2,(H,18,22). The molecule has 5 nitrogen and oxygen atoms in total. The molecular formula is C17H19N3O2. The van der Waals surface area contributed by atoms with E-state index in [1.165, 1.54) is 10.9 Å². The second-order valence-electron chi connectivity index (χ2n) is 5.34. The van der Waals surface area contributed by atoms with Gasteiger partial charge in [0.25, 0.3) is 0 Å². The zero-order valence-electron chi connectivity index (χ0n) is 12.3. The van der Waals surface area contributed by atoms with Gasteiger partial charge in [0.05, 0.1) is 12.2 Å². The molecule has 0 saturated heterocycles. The monoisotopic (exact) mass is 297 g/mol. The Labute approximate surface area is 128 Å². The number of unbranched alkanes of at least 4 members (excludes halogenated alkanes) is 1. The fraction of sp³-hybridized carbons (Fsp3) is 0.294. The molecule has 3 rings (SSSR count). The number of pyridine rings is 1. The van der Waals surface area contributed by atoms with Crippen LogP contribution in [0.25, 0.3) is 10.8 Å². The molecule has 22 heavy (non-hydrogen) atoms. The summed E-state index contributed by atoms with van der Waals surface area (Å²) in [6.07, 6.45) is 7.75. The Bertz CT molecular complexity index is 820. The third-order valence-electron chi connectivity index (χ3n) is 3.87. The molecule has 0 unspecified atom stereocenters. The molecule has 0 atom stereocenters. The molecule has 114 valence electrons. The number of nitrogens with zero attached hydrogens (tertiary/aromatic N) is 2. The first-order valence-electron chi connectivity index (χ1n) is 7.50. The lowest BCUT2D eigenvalue weighted by molar-refractivity contribution is 0.284. The van der Waals surface area contributed by atoms with Gasteiger partial charge in [-0.3, -0.25) is 9.55 Å². The Balaban J connectivity index is 2.02. The fourth-order valence-corrected chi connectivity index (χ4v) is 2.73. The summed E-state index contributed by atoms with van der Waals surface area (Å²) in [5.41, 5.74) is 1.95. The average molecular weight is 297 g/mol. The van der Waals surface area contributed by atoms with E-state index in [4.69, 9.17) is 5.11 Å².